The lowest BCUT2D eigenvalue weighted by Gasteiger charge is -2.25. The van der Waals surface area contributed by atoms with Crippen LogP contribution in [-0.2, 0) is 11.3 Å². The van der Waals surface area contributed by atoms with Gasteiger partial charge in [0.2, 0.25) is 0 Å². The maximum absolute atomic E-state index is 9.14. The summed E-state index contributed by atoms with van der Waals surface area (Å²) in [5.41, 5.74) is 0.898. The molecule has 1 aromatic rings. The first kappa shape index (κ1) is 10.3. The van der Waals surface area contributed by atoms with E-state index < -0.39 is 0 Å². The van der Waals surface area contributed by atoms with Gasteiger partial charge in [0.1, 0.15) is 0 Å². The highest BCUT2D eigenvalue weighted by Crippen LogP contribution is 2.32. The van der Waals surface area contributed by atoms with Crippen LogP contribution in [0.4, 0.5) is 0 Å². The highest BCUT2D eigenvalue weighted by Gasteiger charge is 2.20. The number of hydrogen-bond acceptors (Lipinski definition) is 3. The van der Waals surface area contributed by atoms with E-state index >= 15 is 0 Å². The third kappa shape index (κ3) is 2.23. The first-order chi connectivity index (χ1) is 6.79. The molecule has 1 N–H and O–H groups in total. The van der Waals surface area contributed by atoms with Crippen molar-refractivity contribution in [2.24, 2.45) is 0 Å². The van der Waals surface area contributed by atoms with Crippen molar-refractivity contribution in [3.05, 3.63) is 28.8 Å². The van der Waals surface area contributed by atoms with Gasteiger partial charge in [0.25, 0.3) is 0 Å². The Morgan fingerprint density at radius 1 is 1.50 bits per heavy atom. The van der Waals surface area contributed by atoms with Crippen LogP contribution in [0.25, 0.3) is 0 Å². The van der Waals surface area contributed by atoms with Crippen molar-refractivity contribution in [2.75, 3.05) is 13.2 Å². The molecule has 0 aliphatic carbocycles. The minimum Gasteiger partial charge on any atom is -0.392 e. The van der Waals surface area contributed by atoms with Crippen LogP contribution in [0.1, 0.15) is 5.56 Å². The monoisotopic (exact) mass is 230 g/mol. The molecule has 0 bridgehead atoms. The Bertz CT molecular complexity index is 326. The highest BCUT2D eigenvalue weighted by molar-refractivity contribution is 8.00. The normalized spacial score (nSPS) is 16.7. The molecule has 1 saturated heterocycles. The van der Waals surface area contributed by atoms with E-state index in [0.717, 1.165) is 23.7 Å². The fourth-order valence-electron chi connectivity index (χ4n) is 1.25. The SMILES string of the molecule is OCc1cc(Cl)ccc1SC1COC1. The number of rotatable bonds is 3. The standard InChI is InChI=1S/C10H11ClO2S/c11-8-1-2-10(7(3-8)4-12)14-9-5-13-6-9/h1-3,9,12H,4-6H2. The maximum atomic E-state index is 9.14. The molecule has 1 aliphatic heterocycles. The molecule has 0 unspecified atom stereocenters. The molecule has 1 aromatic carbocycles. The molecular formula is C10H11ClO2S. The van der Waals surface area contributed by atoms with Crippen molar-refractivity contribution < 1.29 is 9.84 Å². The molecule has 1 fully saturated rings. The van der Waals surface area contributed by atoms with E-state index in [0.29, 0.717) is 10.3 Å². The van der Waals surface area contributed by atoms with Gasteiger partial charge in [0.05, 0.1) is 25.1 Å². The summed E-state index contributed by atoms with van der Waals surface area (Å²) in [4.78, 5) is 1.10. The van der Waals surface area contributed by atoms with Crippen molar-refractivity contribution in [2.45, 2.75) is 16.8 Å². The average molecular weight is 231 g/mol. The molecule has 14 heavy (non-hydrogen) atoms. The van der Waals surface area contributed by atoms with E-state index in [2.05, 4.69) is 0 Å². The quantitative estimate of drug-likeness (QED) is 0.864. The predicted octanol–water partition coefficient (Wildman–Crippen LogP) is 2.32. The lowest BCUT2D eigenvalue weighted by atomic mass is 10.2. The lowest BCUT2D eigenvalue weighted by molar-refractivity contribution is 0.0455. The zero-order valence-electron chi connectivity index (χ0n) is 7.57. The van der Waals surface area contributed by atoms with Crippen molar-refractivity contribution in [3.8, 4) is 0 Å². The van der Waals surface area contributed by atoms with Gasteiger partial charge in [-0.2, -0.15) is 0 Å². The fraction of sp³-hybridized carbons (Fsp3) is 0.400. The van der Waals surface area contributed by atoms with Gasteiger partial charge in [0.15, 0.2) is 0 Å². The molecule has 0 atom stereocenters. The number of aliphatic hydroxyl groups excluding tert-OH is 1. The molecule has 0 radical (unpaired) electrons. The van der Waals surface area contributed by atoms with Crippen LogP contribution in [0.3, 0.4) is 0 Å². The van der Waals surface area contributed by atoms with E-state index in [4.69, 9.17) is 21.4 Å². The number of thioether (sulfide) groups is 1. The summed E-state index contributed by atoms with van der Waals surface area (Å²) in [5, 5.41) is 10.3. The largest absolute Gasteiger partial charge is 0.392 e. The van der Waals surface area contributed by atoms with Gasteiger partial charge in [-0.05, 0) is 23.8 Å². The molecule has 0 spiro atoms. The minimum atomic E-state index is 0.0382. The number of hydrogen-bond donors (Lipinski definition) is 1. The van der Waals surface area contributed by atoms with Crippen molar-refractivity contribution in [1.82, 2.24) is 0 Å². The van der Waals surface area contributed by atoms with Crippen molar-refractivity contribution >= 4 is 23.4 Å². The summed E-state index contributed by atoms with van der Waals surface area (Å²) < 4.78 is 5.09. The minimum absolute atomic E-state index is 0.0382. The Morgan fingerprint density at radius 3 is 2.86 bits per heavy atom. The third-order valence-electron chi connectivity index (χ3n) is 2.09. The van der Waals surface area contributed by atoms with Crippen LogP contribution in [0.15, 0.2) is 23.1 Å². The van der Waals surface area contributed by atoms with Gasteiger partial charge < -0.3 is 9.84 Å². The zero-order chi connectivity index (χ0) is 9.97. The Balaban J connectivity index is 2.14. The molecule has 2 nitrogen and oxygen atoms in total. The summed E-state index contributed by atoms with van der Waals surface area (Å²) in [5.74, 6) is 0. The maximum Gasteiger partial charge on any atom is 0.0693 e. The van der Waals surface area contributed by atoms with Crippen LogP contribution in [0.5, 0.6) is 0 Å². The molecule has 2 rings (SSSR count). The van der Waals surface area contributed by atoms with E-state index in [1.165, 1.54) is 0 Å². The Labute approximate surface area is 92.2 Å². The second-order valence-corrected chi connectivity index (χ2v) is 4.97. The first-order valence-corrected chi connectivity index (χ1v) is 5.69. The predicted molar refractivity (Wildman–Crippen MR) is 57.8 cm³/mol. The Morgan fingerprint density at radius 2 is 2.29 bits per heavy atom. The molecule has 1 aliphatic rings. The van der Waals surface area contributed by atoms with Gasteiger partial charge >= 0.3 is 0 Å². The number of halogens is 1. The van der Waals surface area contributed by atoms with Gasteiger partial charge in [-0.1, -0.05) is 11.6 Å². The molecule has 0 saturated carbocycles. The Kier molecular flexibility index (Phi) is 3.34. The van der Waals surface area contributed by atoms with E-state index in [1.807, 2.05) is 18.2 Å². The summed E-state index contributed by atoms with van der Waals surface area (Å²) >= 11 is 7.58. The lowest BCUT2D eigenvalue weighted by Crippen LogP contribution is -2.30. The average Bonchev–Trinajstić information content (AvgIpc) is 2.13. The molecule has 76 valence electrons. The van der Waals surface area contributed by atoms with Crippen LogP contribution in [-0.4, -0.2) is 23.6 Å². The van der Waals surface area contributed by atoms with E-state index in [1.54, 1.807) is 11.8 Å². The van der Waals surface area contributed by atoms with Gasteiger partial charge in [-0.15, -0.1) is 11.8 Å². The molecular weight excluding hydrogens is 220 g/mol. The van der Waals surface area contributed by atoms with Gasteiger partial charge in [-0.3, -0.25) is 0 Å². The van der Waals surface area contributed by atoms with Crippen LogP contribution in [0, 0.1) is 0 Å². The number of ether oxygens (including phenoxy) is 1. The van der Waals surface area contributed by atoms with Gasteiger partial charge in [0, 0.05) is 9.92 Å². The second kappa shape index (κ2) is 4.53. The summed E-state index contributed by atoms with van der Waals surface area (Å²) in [6.45, 7) is 1.65. The zero-order valence-corrected chi connectivity index (χ0v) is 9.14. The summed E-state index contributed by atoms with van der Waals surface area (Å²) in [7, 11) is 0. The number of aliphatic hydroxyl groups is 1. The van der Waals surface area contributed by atoms with Crippen LogP contribution < -0.4 is 0 Å². The molecule has 0 amide bonds. The fourth-order valence-corrected chi connectivity index (χ4v) is 2.55. The van der Waals surface area contributed by atoms with Crippen LogP contribution in [0.2, 0.25) is 5.02 Å². The highest BCUT2D eigenvalue weighted by atomic mass is 35.5. The van der Waals surface area contributed by atoms with E-state index in [9.17, 15) is 0 Å². The molecule has 0 aromatic heterocycles. The first-order valence-electron chi connectivity index (χ1n) is 4.43. The summed E-state index contributed by atoms with van der Waals surface area (Å²) in [6, 6.07) is 5.61. The summed E-state index contributed by atoms with van der Waals surface area (Å²) in [6.07, 6.45) is 0. The van der Waals surface area contributed by atoms with E-state index in [-0.39, 0.29) is 6.61 Å². The number of benzene rings is 1. The molecule has 4 heteroatoms. The Hall–Kier alpha value is -0.220. The molecule has 1 heterocycles. The van der Waals surface area contributed by atoms with Crippen LogP contribution >= 0.6 is 23.4 Å². The van der Waals surface area contributed by atoms with Gasteiger partial charge in [-0.25, -0.2) is 0 Å². The third-order valence-corrected chi connectivity index (χ3v) is 3.59. The smallest absolute Gasteiger partial charge is 0.0693 e. The second-order valence-electron chi connectivity index (χ2n) is 3.19. The topological polar surface area (TPSA) is 29.5 Å². The van der Waals surface area contributed by atoms with Crippen molar-refractivity contribution in [3.63, 3.8) is 0 Å². The van der Waals surface area contributed by atoms with Crippen molar-refractivity contribution in [1.29, 1.82) is 0 Å².